The van der Waals surface area contributed by atoms with E-state index in [1.165, 1.54) is 25.3 Å². The fourth-order valence-electron chi connectivity index (χ4n) is 2.43. The van der Waals surface area contributed by atoms with Crippen molar-refractivity contribution >= 4 is 17.3 Å². The quantitative estimate of drug-likeness (QED) is 0.508. The summed E-state index contributed by atoms with van der Waals surface area (Å²) in [7, 11) is 1.42. The second kappa shape index (κ2) is 8.01. The Morgan fingerprint density at radius 1 is 0.963 bits per heavy atom. The van der Waals surface area contributed by atoms with Gasteiger partial charge in [0.1, 0.15) is 17.2 Å². The van der Waals surface area contributed by atoms with Crippen molar-refractivity contribution in [2.45, 2.75) is 0 Å². The minimum Gasteiger partial charge on any atom is -0.495 e. The van der Waals surface area contributed by atoms with Crippen LogP contribution in [-0.4, -0.2) is 17.9 Å². The van der Waals surface area contributed by atoms with Crippen LogP contribution in [0.3, 0.4) is 0 Å². The molecule has 0 saturated carbocycles. The van der Waals surface area contributed by atoms with Gasteiger partial charge < -0.3 is 14.8 Å². The first kappa shape index (κ1) is 17.9. The van der Waals surface area contributed by atoms with Gasteiger partial charge in [-0.1, -0.05) is 24.3 Å². The van der Waals surface area contributed by atoms with Gasteiger partial charge in [0.25, 0.3) is 11.6 Å². The van der Waals surface area contributed by atoms with E-state index in [1.807, 2.05) is 18.2 Å². The van der Waals surface area contributed by atoms with Gasteiger partial charge in [-0.15, -0.1) is 0 Å². The standard InChI is InChI=1S/C20H16N2O5/c1-26-19-11-10-15(22(24)25)13-18(19)21-20(23)14-6-5-9-17(12-14)27-16-7-3-2-4-8-16/h2-13H,1H3,(H,21,23). The van der Waals surface area contributed by atoms with E-state index in [4.69, 9.17) is 9.47 Å². The minimum absolute atomic E-state index is 0.146. The zero-order valence-electron chi connectivity index (χ0n) is 14.4. The lowest BCUT2D eigenvalue weighted by molar-refractivity contribution is -0.384. The maximum Gasteiger partial charge on any atom is 0.271 e. The lowest BCUT2D eigenvalue weighted by Gasteiger charge is -2.11. The van der Waals surface area contributed by atoms with Crippen molar-refractivity contribution in [1.29, 1.82) is 0 Å². The Balaban J connectivity index is 1.81. The average molecular weight is 364 g/mol. The van der Waals surface area contributed by atoms with Crippen LogP contribution in [0, 0.1) is 10.1 Å². The van der Waals surface area contributed by atoms with Crippen molar-refractivity contribution in [3.63, 3.8) is 0 Å². The molecule has 0 heterocycles. The van der Waals surface area contributed by atoms with Crippen molar-refractivity contribution in [3.8, 4) is 17.2 Å². The number of nitro groups is 1. The van der Waals surface area contributed by atoms with Gasteiger partial charge in [0.2, 0.25) is 0 Å². The van der Waals surface area contributed by atoms with Crippen LogP contribution in [0.2, 0.25) is 0 Å². The number of carbonyl (C=O) groups is 1. The molecule has 1 amide bonds. The first-order valence-electron chi connectivity index (χ1n) is 8.03. The molecular weight excluding hydrogens is 348 g/mol. The molecule has 27 heavy (non-hydrogen) atoms. The molecule has 0 aliphatic rings. The van der Waals surface area contributed by atoms with Crippen molar-refractivity contribution in [2.75, 3.05) is 12.4 Å². The first-order valence-corrected chi connectivity index (χ1v) is 8.03. The van der Waals surface area contributed by atoms with Gasteiger partial charge >= 0.3 is 0 Å². The number of non-ortho nitro benzene ring substituents is 1. The summed E-state index contributed by atoms with van der Waals surface area (Å²) in [4.78, 5) is 23.0. The lowest BCUT2D eigenvalue weighted by atomic mass is 10.2. The van der Waals surface area contributed by atoms with Crippen LogP contribution in [0.1, 0.15) is 10.4 Å². The first-order chi connectivity index (χ1) is 13.1. The molecule has 0 unspecified atom stereocenters. The van der Waals surface area contributed by atoms with Crippen molar-refractivity contribution in [2.24, 2.45) is 0 Å². The monoisotopic (exact) mass is 364 g/mol. The van der Waals surface area contributed by atoms with Crippen LogP contribution in [-0.2, 0) is 0 Å². The van der Waals surface area contributed by atoms with Gasteiger partial charge in [-0.3, -0.25) is 14.9 Å². The maximum atomic E-state index is 12.6. The molecule has 0 aromatic heterocycles. The molecule has 3 aromatic rings. The number of carbonyl (C=O) groups excluding carboxylic acids is 1. The number of nitrogens with one attached hydrogen (secondary N) is 1. The molecule has 0 fully saturated rings. The molecule has 0 saturated heterocycles. The Morgan fingerprint density at radius 2 is 1.70 bits per heavy atom. The highest BCUT2D eigenvalue weighted by molar-refractivity contribution is 6.05. The minimum atomic E-state index is -0.538. The average Bonchev–Trinajstić information content (AvgIpc) is 2.69. The van der Waals surface area contributed by atoms with Gasteiger partial charge in [0, 0.05) is 17.7 Å². The lowest BCUT2D eigenvalue weighted by Crippen LogP contribution is -2.13. The molecule has 0 spiro atoms. The number of nitrogens with zero attached hydrogens (tertiary/aromatic N) is 1. The molecule has 0 aliphatic heterocycles. The van der Waals surface area contributed by atoms with Gasteiger partial charge in [-0.25, -0.2) is 0 Å². The molecule has 0 bridgehead atoms. The van der Waals surface area contributed by atoms with Crippen LogP contribution in [0.4, 0.5) is 11.4 Å². The highest BCUT2D eigenvalue weighted by Crippen LogP contribution is 2.29. The molecule has 3 aromatic carbocycles. The molecule has 1 N–H and O–H groups in total. The van der Waals surface area contributed by atoms with E-state index >= 15 is 0 Å². The molecule has 3 rings (SSSR count). The topological polar surface area (TPSA) is 90.7 Å². The number of benzene rings is 3. The Kier molecular flexibility index (Phi) is 5.32. The molecule has 7 heteroatoms. The maximum absolute atomic E-state index is 12.6. The summed E-state index contributed by atoms with van der Waals surface area (Å²) in [6.45, 7) is 0. The summed E-state index contributed by atoms with van der Waals surface area (Å²) in [5.74, 6) is 1.04. The molecule has 0 aliphatic carbocycles. The molecule has 7 nitrogen and oxygen atoms in total. The van der Waals surface area contributed by atoms with Crippen LogP contribution in [0.25, 0.3) is 0 Å². The Morgan fingerprint density at radius 3 is 2.41 bits per heavy atom. The van der Waals surface area contributed by atoms with Gasteiger partial charge in [-0.05, 0) is 36.4 Å². The molecular formula is C20H16N2O5. The predicted molar refractivity (Wildman–Crippen MR) is 101 cm³/mol. The zero-order chi connectivity index (χ0) is 19.2. The number of rotatable bonds is 6. The fourth-order valence-corrected chi connectivity index (χ4v) is 2.43. The molecule has 136 valence electrons. The van der Waals surface area contributed by atoms with Crippen molar-refractivity contribution in [1.82, 2.24) is 0 Å². The summed E-state index contributed by atoms with van der Waals surface area (Å²) in [6.07, 6.45) is 0. The van der Waals surface area contributed by atoms with Crippen molar-refractivity contribution in [3.05, 3.63) is 88.5 Å². The normalized spacial score (nSPS) is 10.1. The number of anilines is 1. The largest absolute Gasteiger partial charge is 0.495 e. The predicted octanol–water partition coefficient (Wildman–Crippen LogP) is 4.65. The number of methoxy groups -OCH3 is 1. The van der Waals surface area contributed by atoms with Crippen LogP contribution < -0.4 is 14.8 Å². The number of nitro benzene ring substituents is 1. The zero-order valence-corrected chi connectivity index (χ0v) is 14.4. The Hall–Kier alpha value is -3.87. The van der Waals surface area contributed by atoms with E-state index < -0.39 is 10.8 Å². The number of para-hydroxylation sites is 1. The number of ether oxygens (including phenoxy) is 2. The van der Waals surface area contributed by atoms with Gasteiger partial charge in [-0.2, -0.15) is 0 Å². The van der Waals surface area contributed by atoms with E-state index in [-0.39, 0.29) is 11.4 Å². The van der Waals surface area contributed by atoms with Crippen molar-refractivity contribution < 1.29 is 19.2 Å². The van der Waals surface area contributed by atoms with Gasteiger partial charge in [0.15, 0.2) is 0 Å². The highest BCUT2D eigenvalue weighted by atomic mass is 16.6. The third kappa shape index (κ3) is 4.40. The van der Waals surface area contributed by atoms with E-state index in [1.54, 1.807) is 36.4 Å². The smallest absolute Gasteiger partial charge is 0.271 e. The summed E-state index contributed by atoms with van der Waals surface area (Å²) in [6, 6.07) is 19.8. The Bertz CT molecular complexity index is 973. The molecule has 0 radical (unpaired) electrons. The van der Waals surface area contributed by atoms with E-state index in [0.717, 1.165) is 0 Å². The Labute approximate surface area is 155 Å². The van der Waals surface area contributed by atoms with E-state index in [0.29, 0.717) is 22.8 Å². The second-order valence-electron chi connectivity index (χ2n) is 5.54. The summed E-state index contributed by atoms with van der Waals surface area (Å²) in [5.41, 5.74) is 0.412. The number of amides is 1. The number of hydrogen-bond donors (Lipinski definition) is 1. The van der Waals surface area contributed by atoms with E-state index in [9.17, 15) is 14.9 Å². The van der Waals surface area contributed by atoms with Crippen LogP contribution in [0.5, 0.6) is 17.2 Å². The summed E-state index contributed by atoms with van der Waals surface area (Å²) >= 11 is 0. The number of hydrogen-bond acceptors (Lipinski definition) is 5. The summed E-state index contributed by atoms with van der Waals surface area (Å²) < 4.78 is 10.9. The van der Waals surface area contributed by atoms with Gasteiger partial charge in [0.05, 0.1) is 17.7 Å². The second-order valence-corrected chi connectivity index (χ2v) is 5.54. The fraction of sp³-hybridized carbons (Fsp3) is 0.0500. The molecule has 0 atom stereocenters. The third-order valence-corrected chi connectivity index (χ3v) is 3.72. The van der Waals surface area contributed by atoms with Crippen LogP contribution in [0.15, 0.2) is 72.8 Å². The highest BCUT2D eigenvalue weighted by Gasteiger charge is 2.15. The summed E-state index contributed by atoms with van der Waals surface area (Å²) in [5, 5.41) is 13.6. The third-order valence-electron chi connectivity index (χ3n) is 3.72. The van der Waals surface area contributed by atoms with Crippen LogP contribution >= 0.6 is 0 Å². The SMILES string of the molecule is COc1ccc([N+](=O)[O-])cc1NC(=O)c1cccc(Oc2ccccc2)c1. The van der Waals surface area contributed by atoms with E-state index in [2.05, 4.69) is 5.32 Å².